The molecule has 0 atom stereocenters. The quantitative estimate of drug-likeness (QED) is 0.455. The third-order valence-corrected chi connectivity index (χ3v) is 5.95. The molecule has 10 nitrogen and oxygen atoms in total. The lowest BCUT2D eigenvalue weighted by Crippen LogP contribution is -2.60. The fourth-order valence-corrected chi connectivity index (χ4v) is 4.19. The number of halogens is 1. The molecule has 1 aliphatic heterocycles. The summed E-state index contributed by atoms with van der Waals surface area (Å²) in [4.78, 5) is 50.6. The van der Waals surface area contributed by atoms with Crippen LogP contribution < -0.4 is 15.6 Å². The number of carboxylic acids is 1. The van der Waals surface area contributed by atoms with Crippen molar-refractivity contribution in [3.63, 3.8) is 0 Å². The van der Waals surface area contributed by atoms with Gasteiger partial charge in [0.25, 0.3) is 5.91 Å². The minimum absolute atomic E-state index is 0.00128. The van der Waals surface area contributed by atoms with Gasteiger partial charge in [-0.05, 0) is 18.2 Å². The number of nitrogens with zero attached hydrogens (tertiary/aromatic N) is 5. The van der Waals surface area contributed by atoms with Gasteiger partial charge in [-0.2, -0.15) is 0 Å². The van der Waals surface area contributed by atoms with Gasteiger partial charge >= 0.3 is 5.97 Å². The standard InChI is InChI=1S/C21H15FN6O4S/c22-14-7-12-16(29)13(20(31)32)10-28(21-24-5-6-33-21)17(12)26-18(14)27-8-11(9-27)25-19(30)15-3-1-2-4-23-15/h1-7,10-11H,8-9H2,(H,25,30)(H,31,32). The molecule has 0 unspecified atom stereocenters. The Kier molecular flexibility index (Phi) is 5.05. The molecule has 33 heavy (non-hydrogen) atoms. The number of thiazole rings is 1. The molecule has 166 valence electrons. The van der Waals surface area contributed by atoms with E-state index in [2.05, 4.69) is 20.3 Å². The Labute approximate surface area is 189 Å². The van der Waals surface area contributed by atoms with Crippen LogP contribution in [0.15, 0.2) is 53.0 Å². The minimum atomic E-state index is -1.43. The van der Waals surface area contributed by atoms with E-state index in [9.17, 15) is 23.9 Å². The van der Waals surface area contributed by atoms with Gasteiger partial charge in [0.05, 0.1) is 11.4 Å². The van der Waals surface area contributed by atoms with Crippen molar-refractivity contribution >= 4 is 40.1 Å². The number of rotatable bonds is 5. The van der Waals surface area contributed by atoms with E-state index < -0.39 is 22.8 Å². The topological polar surface area (TPSA) is 130 Å². The number of amides is 1. The van der Waals surface area contributed by atoms with Gasteiger partial charge in [0.2, 0.25) is 5.43 Å². The summed E-state index contributed by atoms with van der Waals surface area (Å²) >= 11 is 1.22. The zero-order chi connectivity index (χ0) is 23.1. The van der Waals surface area contributed by atoms with Crippen molar-refractivity contribution in [3.05, 3.63) is 75.5 Å². The predicted molar refractivity (Wildman–Crippen MR) is 118 cm³/mol. The number of nitrogens with one attached hydrogen (secondary N) is 1. The van der Waals surface area contributed by atoms with Crippen LogP contribution in [0.5, 0.6) is 0 Å². The van der Waals surface area contributed by atoms with Gasteiger partial charge in [0, 0.05) is 37.1 Å². The largest absolute Gasteiger partial charge is 0.477 e. The summed E-state index contributed by atoms with van der Waals surface area (Å²) in [6.07, 6.45) is 4.19. The highest BCUT2D eigenvalue weighted by Gasteiger charge is 2.32. The molecule has 1 saturated heterocycles. The lowest BCUT2D eigenvalue weighted by Gasteiger charge is -2.40. The highest BCUT2D eigenvalue weighted by Crippen LogP contribution is 2.27. The van der Waals surface area contributed by atoms with Crippen molar-refractivity contribution in [2.45, 2.75) is 6.04 Å². The Morgan fingerprint density at radius 3 is 2.70 bits per heavy atom. The number of hydrogen-bond acceptors (Lipinski definition) is 8. The van der Waals surface area contributed by atoms with E-state index >= 15 is 0 Å². The molecular formula is C21H15FN6O4S. The summed E-state index contributed by atoms with van der Waals surface area (Å²) in [5.74, 6) is -2.52. The molecule has 4 aromatic heterocycles. The highest BCUT2D eigenvalue weighted by molar-refractivity contribution is 7.12. The summed E-state index contributed by atoms with van der Waals surface area (Å²) in [6, 6.07) is 5.78. The van der Waals surface area contributed by atoms with Crippen LogP contribution in [-0.4, -0.2) is 55.6 Å². The first-order valence-corrected chi connectivity index (χ1v) is 10.7. The average molecular weight is 466 g/mol. The predicted octanol–water partition coefficient (Wildman–Crippen LogP) is 1.69. The molecule has 0 aromatic carbocycles. The van der Waals surface area contributed by atoms with Gasteiger partial charge in [0.1, 0.15) is 11.3 Å². The Hall–Kier alpha value is -4.19. The molecule has 0 saturated carbocycles. The van der Waals surface area contributed by atoms with Crippen LogP contribution in [0.3, 0.4) is 0 Å². The van der Waals surface area contributed by atoms with Gasteiger partial charge in [-0.1, -0.05) is 6.07 Å². The zero-order valence-electron chi connectivity index (χ0n) is 16.8. The summed E-state index contributed by atoms with van der Waals surface area (Å²) in [6.45, 7) is 0.616. The number of anilines is 1. The number of carboxylic acid groups (broad SMARTS) is 1. The first kappa shape index (κ1) is 20.7. The molecule has 5 rings (SSSR count). The van der Waals surface area contributed by atoms with Crippen LogP contribution in [0.1, 0.15) is 20.8 Å². The maximum atomic E-state index is 14.9. The first-order chi connectivity index (χ1) is 15.9. The second-order valence-corrected chi connectivity index (χ2v) is 8.19. The molecule has 0 bridgehead atoms. The lowest BCUT2D eigenvalue weighted by molar-refractivity contribution is 0.0694. The molecule has 1 fully saturated rings. The third kappa shape index (κ3) is 3.69. The summed E-state index contributed by atoms with van der Waals surface area (Å²) in [5.41, 5.74) is -0.953. The first-order valence-electron chi connectivity index (χ1n) is 9.78. The van der Waals surface area contributed by atoms with E-state index in [-0.39, 0.29) is 34.5 Å². The lowest BCUT2D eigenvalue weighted by atomic mass is 10.1. The highest BCUT2D eigenvalue weighted by atomic mass is 32.1. The maximum absolute atomic E-state index is 14.9. The fraction of sp³-hybridized carbons (Fsp3) is 0.143. The number of fused-ring (bicyclic) bond motifs is 1. The third-order valence-electron chi connectivity index (χ3n) is 5.18. The van der Waals surface area contributed by atoms with Crippen LogP contribution in [0.4, 0.5) is 10.2 Å². The molecule has 2 N–H and O–H groups in total. The Morgan fingerprint density at radius 2 is 2.03 bits per heavy atom. The number of carbonyl (C=O) groups is 2. The van der Waals surface area contributed by atoms with Crippen LogP contribution >= 0.6 is 11.3 Å². The molecule has 0 aliphatic carbocycles. The Bertz CT molecular complexity index is 1430. The number of pyridine rings is 3. The van der Waals surface area contributed by atoms with Crippen molar-refractivity contribution in [2.24, 2.45) is 0 Å². The van der Waals surface area contributed by atoms with Crippen molar-refractivity contribution in [2.75, 3.05) is 18.0 Å². The SMILES string of the molecule is O=C(NC1CN(c2nc3c(cc2F)c(=O)c(C(=O)O)cn3-c2nccs2)C1)c1ccccn1. The molecule has 1 amide bonds. The van der Waals surface area contributed by atoms with Crippen molar-refractivity contribution in [1.29, 1.82) is 0 Å². The van der Waals surface area contributed by atoms with Crippen molar-refractivity contribution in [3.8, 4) is 5.13 Å². The van der Waals surface area contributed by atoms with E-state index in [0.29, 0.717) is 18.2 Å². The van der Waals surface area contributed by atoms with E-state index in [1.807, 2.05) is 0 Å². The second kappa shape index (κ2) is 8.06. The zero-order valence-corrected chi connectivity index (χ0v) is 17.6. The monoisotopic (exact) mass is 466 g/mol. The Morgan fingerprint density at radius 1 is 1.21 bits per heavy atom. The van der Waals surface area contributed by atoms with Crippen molar-refractivity contribution < 1.29 is 19.1 Å². The van der Waals surface area contributed by atoms with Gasteiger partial charge in [-0.25, -0.2) is 19.2 Å². The number of carbonyl (C=O) groups excluding carboxylic acids is 1. The number of aromatic nitrogens is 4. The van der Waals surface area contributed by atoms with Gasteiger partial charge < -0.3 is 15.3 Å². The van der Waals surface area contributed by atoms with Crippen LogP contribution in [0, 0.1) is 5.82 Å². The minimum Gasteiger partial charge on any atom is -0.477 e. The molecule has 0 radical (unpaired) electrons. The molecule has 1 aliphatic rings. The fourth-order valence-electron chi connectivity index (χ4n) is 3.57. The molecular weight excluding hydrogens is 451 g/mol. The molecule has 0 spiro atoms. The number of hydrogen-bond donors (Lipinski definition) is 2. The summed E-state index contributed by atoms with van der Waals surface area (Å²) in [5, 5.41) is 14.1. The maximum Gasteiger partial charge on any atom is 0.341 e. The van der Waals surface area contributed by atoms with Crippen molar-refractivity contribution in [1.82, 2.24) is 24.8 Å². The van der Waals surface area contributed by atoms with E-state index in [0.717, 1.165) is 12.3 Å². The van der Waals surface area contributed by atoms with Crippen LogP contribution in [0.25, 0.3) is 16.2 Å². The van der Waals surface area contributed by atoms with Crippen LogP contribution in [0.2, 0.25) is 0 Å². The smallest absolute Gasteiger partial charge is 0.341 e. The normalized spacial score (nSPS) is 13.7. The average Bonchev–Trinajstić information content (AvgIpc) is 3.31. The van der Waals surface area contributed by atoms with E-state index in [1.165, 1.54) is 28.3 Å². The summed E-state index contributed by atoms with van der Waals surface area (Å²) < 4.78 is 16.3. The van der Waals surface area contributed by atoms with Gasteiger partial charge in [-0.15, -0.1) is 11.3 Å². The number of aromatic carboxylic acids is 1. The second-order valence-electron chi connectivity index (χ2n) is 7.32. The molecule has 5 heterocycles. The van der Waals surface area contributed by atoms with Gasteiger partial charge in [-0.3, -0.25) is 19.1 Å². The molecule has 12 heteroatoms. The summed E-state index contributed by atoms with van der Waals surface area (Å²) in [7, 11) is 0. The molecule has 4 aromatic rings. The van der Waals surface area contributed by atoms with E-state index in [1.54, 1.807) is 28.5 Å². The van der Waals surface area contributed by atoms with E-state index in [4.69, 9.17) is 0 Å². The Balaban J connectivity index is 1.47. The van der Waals surface area contributed by atoms with Crippen LogP contribution in [-0.2, 0) is 0 Å². The van der Waals surface area contributed by atoms with Gasteiger partial charge in [0.15, 0.2) is 22.4 Å².